The summed E-state index contributed by atoms with van der Waals surface area (Å²) in [5, 5.41) is 13.2. The molecule has 1 N–H and O–H groups in total. The number of nitrogens with zero attached hydrogens (tertiary/aromatic N) is 5. The fourth-order valence-corrected chi connectivity index (χ4v) is 2.53. The molecule has 0 bridgehead atoms. The molecule has 0 spiro atoms. The molecule has 2 heterocycles. The lowest BCUT2D eigenvalue weighted by Gasteiger charge is -2.24. The summed E-state index contributed by atoms with van der Waals surface area (Å²) in [6.07, 6.45) is 5.99. The zero-order valence-electron chi connectivity index (χ0n) is 14.1. The summed E-state index contributed by atoms with van der Waals surface area (Å²) in [5.74, 6) is 0.902. The van der Waals surface area contributed by atoms with Crippen molar-refractivity contribution in [3.63, 3.8) is 0 Å². The zero-order valence-corrected chi connectivity index (χ0v) is 14.1. The van der Waals surface area contributed by atoms with Crippen LogP contribution in [0.5, 0.6) is 0 Å². The fraction of sp³-hybridized carbons (Fsp3) is 0.625. The minimum Gasteiger partial charge on any atom is -0.396 e. The molecule has 23 heavy (non-hydrogen) atoms. The Morgan fingerprint density at radius 1 is 1.35 bits per heavy atom. The quantitative estimate of drug-likeness (QED) is 0.798. The van der Waals surface area contributed by atoms with Crippen LogP contribution < -0.4 is 0 Å². The van der Waals surface area contributed by atoms with Crippen molar-refractivity contribution in [1.82, 2.24) is 24.5 Å². The number of aliphatic hydroxyl groups excluding tert-OH is 1. The van der Waals surface area contributed by atoms with Crippen LogP contribution in [0.2, 0.25) is 0 Å². The van der Waals surface area contributed by atoms with Gasteiger partial charge in [0.25, 0.3) is 11.7 Å². The molecule has 0 atom stereocenters. The smallest absolute Gasteiger partial charge is 0.293 e. The van der Waals surface area contributed by atoms with E-state index in [-0.39, 0.29) is 18.3 Å². The third-order valence-electron chi connectivity index (χ3n) is 4.14. The van der Waals surface area contributed by atoms with E-state index in [1.165, 1.54) is 4.52 Å². The molecule has 0 aliphatic rings. The van der Waals surface area contributed by atoms with Crippen molar-refractivity contribution in [1.29, 1.82) is 0 Å². The first-order valence-corrected chi connectivity index (χ1v) is 8.24. The van der Waals surface area contributed by atoms with E-state index in [4.69, 9.17) is 5.11 Å². The third-order valence-corrected chi connectivity index (χ3v) is 4.14. The summed E-state index contributed by atoms with van der Waals surface area (Å²) >= 11 is 0. The second-order valence-corrected chi connectivity index (χ2v) is 5.64. The maximum Gasteiger partial charge on any atom is 0.293 e. The molecule has 0 saturated carbocycles. The van der Waals surface area contributed by atoms with E-state index in [2.05, 4.69) is 28.9 Å². The van der Waals surface area contributed by atoms with Crippen LogP contribution in [0.15, 0.2) is 12.4 Å². The lowest BCUT2D eigenvalue weighted by atomic mass is 10.0. The van der Waals surface area contributed by atoms with Crippen LogP contribution in [-0.4, -0.2) is 55.2 Å². The van der Waals surface area contributed by atoms with Gasteiger partial charge in [-0.3, -0.25) is 4.79 Å². The highest BCUT2D eigenvalue weighted by atomic mass is 16.3. The zero-order chi connectivity index (χ0) is 16.8. The summed E-state index contributed by atoms with van der Waals surface area (Å²) in [5.41, 5.74) is 0.855. The van der Waals surface area contributed by atoms with Crippen LogP contribution in [-0.2, 0) is 6.42 Å². The predicted octanol–water partition coefficient (Wildman–Crippen LogP) is 1.56. The van der Waals surface area contributed by atoms with Gasteiger partial charge >= 0.3 is 0 Å². The van der Waals surface area contributed by atoms with E-state index in [1.54, 1.807) is 17.3 Å². The first-order valence-electron chi connectivity index (χ1n) is 8.24. The Morgan fingerprint density at radius 2 is 2.09 bits per heavy atom. The number of rotatable bonds is 8. The Labute approximate surface area is 136 Å². The molecule has 0 aliphatic carbocycles. The summed E-state index contributed by atoms with van der Waals surface area (Å²) in [7, 11) is 0. The van der Waals surface area contributed by atoms with Crippen molar-refractivity contribution in [3.05, 3.63) is 23.8 Å². The highest BCUT2D eigenvalue weighted by Crippen LogP contribution is 2.12. The Morgan fingerprint density at radius 3 is 2.70 bits per heavy atom. The topological polar surface area (TPSA) is 83.6 Å². The molecule has 2 rings (SSSR count). The van der Waals surface area contributed by atoms with Crippen molar-refractivity contribution in [3.8, 4) is 0 Å². The highest BCUT2D eigenvalue weighted by Gasteiger charge is 2.21. The number of carbonyl (C=O) groups excluding carboxylic acids is 1. The number of hydrogen-bond acceptors (Lipinski definition) is 5. The van der Waals surface area contributed by atoms with Crippen molar-refractivity contribution in [2.24, 2.45) is 5.92 Å². The summed E-state index contributed by atoms with van der Waals surface area (Å²) in [6.45, 7) is 7.65. The molecule has 0 radical (unpaired) electrons. The van der Waals surface area contributed by atoms with Crippen molar-refractivity contribution in [2.45, 2.75) is 40.0 Å². The van der Waals surface area contributed by atoms with E-state index in [1.807, 2.05) is 6.92 Å². The van der Waals surface area contributed by atoms with Gasteiger partial charge in [0.2, 0.25) is 5.82 Å². The van der Waals surface area contributed by atoms with E-state index in [9.17, 15) is 4.79 Å². The number of hydrogen-bond donors (Lipinski definition) is 1. The molecule has 0 aromatic carbocycles. The van der Waals surface area contributed by atoms with E-state index < -0.39 is 0 Å². The van der Waals surface area contributed by atoms with Gasteiger partial charge in [-0.25, -0.2) is 9.50 Å². The summed E-state index contributed by atoms with van der Waals surface area (Å²) in [6, 6.07) is 0. The van der Waals surface area contributed by atoms with Gasteiger partial charge in [-0.05, 0) is 24.8 Å². The largest absolute Gasteiger partial charge is 0.396 e. The normalized spacial score (nSPS) is 11.3. The van der Waals surface area contributed by atoms with Gasteiger partial charge in [0.05, 0.1) is 0 Å². The molecule has 0 unspecified atom stereocenters. The minimum atomic E-state index is -0.159. The lowest BCUT2D eigenvalue weighted by Crippen LogP contribution is -2.35. The van der Waals surface area contributed by atoms with E-state index in [0.717, 1.165) is 24.9 Å². The van der Waals surface area contributed by atoms with E-state index >= 15 is 0 Å². The molecule has 7 nitrogen and oxygen atoms in total. The van der Waals surface area contributed by atoms with Crippen molar-refractivity contribution >= 4 is 11.7 Å². The van der Waals surface area contributed by atoms with Crippen LogP contribution in [0.3, 0.4) is 0 Å². The molecule has 0 fully saturated rings. The molecular formula is C16H25N5O2. The van der Waals surface area contributed by atoms with Crippen molar-refractivity contribution < 1.29 is 9.90 Å². The van der Waals surface area contributed by atoms with Crippen LogP contribution in [0, 0.1) is 5.92 Å². The Bertz CT molecular complexity index is 651. The molecule has 7 heteroatoms. The first kappa shape index (κ1) is 17.3. The monoisotopic (exact) mass is 319 g/mol. The van der Waals surface area contributed by atoms with Gasteiger partial charge in [0, 0.05) is 32.1 Å². The second kappa shape index (κ2) is 8.01. The summed E-state index contributed by atoms with van der Waals surface area (Å²) in [4.78, 5) is 22.9. The van der Waals surface area contributed by atoms with Gasteiger partial charge in [0.15, 0.2) is 0 Å². The van der Waals surface area contributed by atoms with Gasteiger partial charge in [0.1, 0.15) is 0 Å². The number of amides is 1. The average molecular weight is 319 g/mol. The van der Waals surface area contributed by atoms with Crippen LogP contribution in [0.1, 0.15) is 49.8 Å². The molecule has 1 amide bonds. The second-order valence-electron chi connectivity index (χ2n) is 5.64. The lowest BCUT2D eigenvalue weighted by molar-refractivity contribution is 0.0723. The van der Waals surface area contributed by atoms with Crippen LogP contribution in [0.25, 0.3) is 5.78 Å². The summed E-state index contributed by atoms with van der Waals surface area (Å²) < 4.78 is 1.50. The SMILES string of the molecule is CCC(CC)CN(CC)C(=O)c1nc2ncc(CCO)cn2n1. The molecule has 2 aromatic heterocycles. The predicted molar refractivity (Wildman–Crippen MR) is 87.2 cm³/mol. The number of aliphatic hydroxyl groups is 1. The van der Waals surface area contributed by atoms with Gasteiger partial charge < -0.3 is 10.0 Å². The highest BCUT2D eigenvalue weighted by molar-refractivity contribution is 5.90. The van der Waals surface area contributed by atoms with E-state index in [0.29, 0.717) is 24.7 Å². The number of carbonyl (C=O) groups is 1. The van der Waals surface area contributed by atoms with Gasteiger partial charge in [-0.2, -0.15) is 4.98 Å². The Balaban J connectivity index is 2.21. The van der Waals surface area contributed by atoms with Gasteiger partial charge in [-0.1, -0.05) is 26.7 Å². The standard InChI is InChI=1S/C16H25N5O2/c1-4-12(5-2)10-20(6-3)15(23)14-18-16-17-9-13(7-8-22)11-21(16)19-14/h9,11-12,22H,4-8,10H2,1-3H3. The molecule has 0 aliphatic heterocycles. The number of aromatic nitrogens is 4. The maximum atomic E-state index is 12.6. The van der Waals surface area contributed by atoms with Gasteiger partial charge in [-0.15, -0.1) is 5.10 Å². The third kappa shape index (κ3) is 4.04. The molecule has 0 saturated heterocycles. The Kier molecular flexibility index (Phi) is 6.04. The molecule has 126 valence electrons. The fourth-order valence-electron chi connectivity index (χ4n) is 2.53. The van der Waals surface area contributed by atoms with Crippen LogP contribution >= 0.6 is 0 Å². The maximum absolute atomic E-state index is 12.6. The Hall–Kier alpha value is -2.02. The minimum absolute atomic E-state index is 0.0483. The molecular weight excluding hydrogens is 294 g/mol. The molecule has 2 aromatic rings. The average Bonchev–Trinajstić information content (AvgIpc) is 2.99. The first-order chi connectivity index (χ1) is 11.1. The van der Waals surface area contributed by atoms with Crippen molar-refractivity contribution in [2.75, 3.05) is 19.7 Å². The van der Waals surface area contributed by atoms with Crippen LogP contribution in [0.4, 0.5) is 0 Å². The number of fused-ring (bicyclic) bond motifs is 1.